The van der Waals surface area contributed by atoms with Crippen LogP contribution in [-0.2, 0) is 6.54 Å². The minimum absolute atomic E-state index is 0.802. The molecule has 0 amide bonds. The van der Waals surface area contributed by atoms with Gasteiger partial charge in [0, 0.05) is 13.1 Å². The predicted octanol–water partition coefficient (Wildman–Crippen LogP) is 2.49. The minimum Gasteiger partial charge on any atom is -0.330 e. The Morgan fingerprint density at radius 3 is 2.67 bits per heavy atom. The molecule has 0 radical (unpaired) electrons. The van der Waals surface area contributed by atoms with Crippen molar-refractivity contribution in [3.63, 3.8) is 0 Å². The van der Waals surface area contributed by atoms with E-state index < -0.39 is 0 Å². The van der Waals surface area contributed by atoms with Gasteiger partial charge in [-0.05, 0) is 55.7 Å². The lowest BCUT2D eigenvalue weighted by atomic mass is 9.88. The number of likely N-dealkylation sites (tertiary alicyclic amines) is 1. The van der Waals surface area contributed by atoms with Crippen LogP contribution in [0.15, 0.2) is 30.3 Å². The molecule has 0 aromatic heterocycles. The maximum Gasteiger partial charge on any atom is 0.0233 e. The first-order valence-corrected chi connectivity index (χ1v) is 7.31. The van der Waals surface area contributed by atoms with Gasteiger partial charge in [-0.15, -0.1) is 0 Å². The maximum absolute atomic E-state index is 5.83. The molecule has 0 spiro atoms. The third kappa shape index (κ3) is 2.60. The van der Waals surface area contributed by atoms with Crippen molar-refractivity contribution in [1.29, 1.82) is 0 Å². The number of benzene rings is 1. The third-order valence-corrected chi connectivity index (χ3v) is 4.83. The molecule has 3 rings (SSSR count). The van der Waals surface area contributed by atoms with Crippen LogP contribution >= 0.6 is 0 Å². The van der Waals surface area contributed by atoms with E-state index >= 15 is 0 Å². The Bertz CT molecular complexity index is 376. The molecule has 2 N–H and O–H groups in total. The Morgan fingerprint density at radius 1 is 1.11 bits per heavy atom. The van der Waals surface area contributed by atoms with Crippen molar-refractivity contribution in [2.45, 2.75) is 25.8 Å². The van der Waals surface area contributed by atoms with Crippen LogP contribution in [0.4, 0.5) is 0 Å². The Kier molecular flexibility index (Phi) is 3.67. The molecule has 2 aliphatic rings. The minimum atomic E-state index is 0.802. The van der Waals surface area contributed by atoms with Crippen LogP contribution in [0.1, 0.15) is 24.8 Å². The van der Waals surface area contributed by atoms with E-state index in [-0.39, 0.29) is 0 Å². The average Bonchev–Trinajstić information content (AvgIpc) is 2.82. The van der Waals surface area contributed by atoms with Crippen LogP contribution in [0.3, 0.4) is 0 Å². The van der Waals surface area contributed by atoms with Gasteiger partial charge in [0.15, 0.2) is 0 Å². The highest BCUT2D eigenvalue weighted by Gasteiger charge is 2.37. The number of rotatable bonds is 3. The van der Waals surface area contributed by atoms with Gasteiger partial charge < -0.3 is 5.73 Å². The fourth-order valence-corrected chi connectivity index (χ4v) is 3.86. The van der Waals surface area contributed by atoms with Crippen molar-refractivity contribution in [1.82, 2.24) is 4.90 Å². The highest BCUT2D eigenvalue weighted by Crippen LogP contribution is 2.41. The molecule has 1 aromatic carbocycles. The van der Waals surface area contributed by atoms with Crippen LogP contribution in [0.5, 0.6) is 0 Å². The second-order valence-corrected chi connectivity index (χ2v) is 6.10. The zero-order valence-corrected chi connectivity index (χ0v) is 11.1. The summed E-state index contributed by atoms with van der Waals surface area (Å²) in [5.41, 5.74) is 7.28. The second kappa shape index (κ2) is 5.41. The first-order chi connectivity index (χ1) is 8.85. The lowest BCUT2D eigenvalue weighted by molar-refractivity contribution is 0.132. The molecule has 1 aliphatic heterocycles. The van der Waals surface area contributed by atoms with Crippen molar-refractivity contribution in [3.8, 4) is 0 Å². The molecule has 3 unspecified atom stereocenters. The van der Waals surface area contributed by atoms with Crippen LogP contribution in [-0.4, -0.2) is 24.5 Å². The van der Waals surface area contributed by atoms with E-state index in [1.807, 2.05) is 0 Å². The predicted molar refractivity (Wildman–Crippen MR) is 75.1 cm³/mol. The van der Waals surface area contributed by atoms with Crippen LogP contribution in [0.2, 0.25) is 0 Å². The number of hydrogen-bond donors (Lipinski definition) is 1. The van der Waals surface area contributed by atoms with Crippen molar-refractivity contribution < 1.29 is 0 Å². The summed E-state index contributed by atoms with van der Waals surface area (Å²) >= 11 is 0. The zero-order valence-electron chi connectivity index (χ0n) is 11.1. The molecule has 1 aliphatic carbocycles. The molecule has 18 heavy (non-hydrogen) atoms. The normalized spacial score (nSPS) is 32.4. The van der Waals surface area contributed by atoms with Crippen LogP contribution in [0, 0.1) is 17.8 Å². The lowest BCUT2D eigenvalue weighted by Crippen LogP contribution is -2.37. The average molecular weight is 244 g/mol. The van der Waals surface area contributed by atoms with Gasteiger partial charge in [-0.1, -0.05) is 30.3 Å². The Labute approximate surface area is 110 Å². The highest BCUT2D eigenvalue weighted by molar-refractivity contribution is 5.14. The molecule has 2 nitrogen and oxygen atoms in total. The summed E-state index contributed by atoms with van der Waals surface area (Å²) < 4.78 is 0. The SMILES string of the molecule is NCC1CC2CCN(Cc3ccccc3)CC2C1. The van der Waals surface area contributed by atoms with Gasteiger partial charge in [-0.25, -0.2) is 0 Å². The van der Waals surface area contributed by atoms with Gasteiger partial charge in [0.1, 0.15) is 0 Å². The van der Waals surface area contributed by atoms with Gasteiger partial charge >= 0.3 is 0 Å². The van der Waals surface area contributed by atoms with Gasteiger partial charge in [0.25, 0.3) is 0 Å². The third-order valence-electron chi connectivity index (χ3n) is 4.83. The van der Waals surface area contributed by atoms with Crippen LogP contribution < -0.4 is 5.73 Å². The summed E-state index contributed by atoms with van der Waals surface area (Å²) in [6.45, 7) is 4.58. The largest absolute Gasteiger partial charge is 0.330 e. The van der Waals surface area contributed by atoms with E-state index in [0.717, 1.165) is 30.8 Å². The van der Waals surface area contributed by atoms with E-state index in [0.29, 0.717) is 0 Å². The number of piperidine rings is 1. The molecule has 1 saturated heterocycles. The second-order valence-electron chi connectivity index (χ2n) is 6.10. The summed E-state index contributed by atoms with van der Waals surface area (Å²) in [6, 6.07) is 10.9. The Morgan fingerprint density at radius 2 is 1.89 bits per heavy atom. The topological polar surface area (TPSA) is 29.3 Å². The van der Waals surface area contributed by atoms with E-state index in [9.17, 15) is 0 Å². The standard InChI is InChI=1S/C16H24N2/c17-10-14-8-15-6-7-18(12-16(15)9-14)11-13-4-2-1-3-5-13/h1-5,14-16H,6-12,17H2. The fourth-order valence-electron chi connectivity index (χ4n) is 3.86. The Balaban J connectivity index is 1.58. The van der Waals surface area contributed by atoms with Crippen molar-refractivity contribution in [2.24, 2.45) is 23.5 Å². The quantitative estimate of drug-likeness (QED) is 0.885. The zero-order chi connectivity index (χ0) is 12.4. The van der Waals surface area contributed by atoms with Gasteiger partial charge in [-0.3, -0.25) is 4.90 Å². The van der Waals surface area contributed by atoms with Gasteiger partial charge in [0.2, 0.25) is 0 Å². The summed E-state index contributed by atoms with van der Waals surface area (Å²) in [7, 11) is 0. The molecule has 1 heterocycles. The summed E-state index contributed by atoms with van der Waals surface area (Å²) in [5, 5.41) is 0. The van der Waals surface area contributed by atoms with Crippen molar-refractivity contribution >= 4 is 0 Å². The molecule has 2 fully saturated rings. The molecule has 2 heteroatoms. The first kappa shape index (κ1) is 12.2. The smallest absolute Gasteiger partial charge is 0.0233 e. The van der Waals surface area contributed by atoms with E-state index in [1.165, 1.54) is 37.9 Å². The van der Waals surface area contributed by atoms with Gasteiger partial charge in [-0.2, -0.15) is 0 Å². The molecular formula is C16H24N2. The van der Waals surface area contributed by atoms with Crippen LogP contribution in [0.25, 0.3) is 0 Å². The Hall–Kier alpha value is -0.860. The molecule has 98 valence electrons. The number of nitrogens with zero attached hydrogens (tertiary/aromatic N) is 1. The molecular weight excluding hydrogens is 220 g/mol. The van der Waals surface area contributed by atoms with Gasteiger partial charge in [0.05, 0.1) is 0 Å². The highest BCUT2D eigenvalue weighted by atomic mass is 15.1. The molecule has 1 saturated carbocycles. The molecule has 0 bridgehead atoms. The monoisotopic (exact) mass is 244 g/mol. The molecule has 3 atom stereocenters. The first-order valence-electron chi connectivity index (χ1n) is 7.31. The van der Waals surface area contributed by atoms with Crippen molar-refractivity contribution in [2.75, 3.05) is 19.6 Å². The maximum atomic E-state index is 5.83. The lowest BCUT2D eigenvalue weighted by Gasteiger charge is -2.35. The molecule has 1 aromatic rings. The number of nitrogens with two attached hydrogens (primary N) is 1. The number of hydrogen-bond acceptors (Lipinski definition) is 2. The van der Waals surface area contributed by atoms with E-state index in [4.69, 9.17) is 5.73 Å². The summed E-state index contributed by atoms with van der Waals surface area (Å²) in [4.78, 5) is 2.63. The fraction of sp³-hybridized carbons (Fsp3) is 0.625. The number of fused-ring (bicyclic) bond motifs is 1. The van der Waals surface area contributed by atoms with E-state index in [2.05, 4.69) is 35.2 Å². The van der Waals surface area contributed by atoms with Crippen molar-refractivity contribution in [3.05, 3.63) is 35.9 Å². The summed E-state index contributed by atoms with van der Waals surface area (Å²) in [5.74, 6) is 2.68. The summed E-state index contributed by atoms with van der Waals surface area (Å²) in [6.07, 6.45) is 4.14. The van der Waals surface area contributed by atoms with E-state index in [1.54, 1.807) is 0 Å².